The lowest BCUT2D eigenvalue weighted by atomic mass is 9.99. The predicted molar refractivity (Wildman–Crippen MR) is 124 cm³/mol. The van der Waals surface area contributed by atoms with Crippen molar-refractivity contribution in [1.29, 1.82) is 0 Å². The fourth-order valence-electron chi connectivity index (χ4n) is 2.80. The SMILES string of the molecule is CC[C@H](C)c1ccc(OCCCOc2ccc(/C=C3\SC(=S)NC3=O)cc2)cc1. The second-order valence-electron chi connectivity index (χ2n) is 6.85. The van der Waals surface area contributed by atoms with Gasteiger partial charge in [-0.05, 0) is 53.8 Å². The van der Waals surface area contributed by atoms with Crippen LogP contribution in [-0.2, 0) is 4.79 Å². The smallest absolute Gasteiger partial charge is 0.263 e. The molecule has 0 unspecified atom stereocenters. The summed E-state index contributed by atoms with van der Waals surface area (Å²) in [5.74, 6) is 2.12. The van der Waals surface area contributed by atoms with E-state index >= 15 is 0 Å². The highest BCUT2D eigenvalue weighted by Gasteiger charge is 2.21. The number of rotatable bonds is 9. The molecule has 0 radical (unpaired) electrons. The Balaban J connectivity index is 1.39. The first-order valence-electron chi connectivity index (χ1n) is 9.75. The molecule has 2 aromatic rings. The average Bonchev–Trinajstić information content (AvgIpc) is 3.05. The molecular formula is C23H25NO3S2. The van der Waals surface area contributed by atoms with Crippen LogP contribution >= 0.6 is 24.0 Å². The number of carbonyl (C=O) groups excluding carboxylic acids is 1. The van der Waals surface area contributed by atoms with Crippen LogP contribution in [0.25, 0.3) is 6.08 Å². The van der Waals surface area contributed by atoms with Crippen molar-refractivity contribution >= 4 is 40.3 Å². The van der Waals surface area contributed by atoms with Crippen molar-refractivity contribution in [3.8, 4) is 11.5 Å². The van der Waals surface area contributed by atoms with Crippen molar-refractivity contribution in [3.05, 3.63) is 64.6 Å². The predicted octanol–water partition coefficient (Wildman–Crippen LogP) is 5.54. The fourth-order valence-corrected chi connectivity index (χ4v) is 3.84. The molecule has 1 heterocycles. The lowest BCUT2D eigenvalue weighted by molar-refractivity contribution is -0.115. The van der Waals surface area contributed by atoms with Gasteiger partial charge in [0.1, 0.15) is 15.8 Å². The third-order valence-corrected chi connectivity index (χ3v) is 5.87. The molecule has 3 rings (SSSR count). The van der Waals surface area contributed by atoms with Crippen LogP contribution in [0.3, 0.4) is 0 Å². The lowest BCUT2D eigenvalue weighted by Gasteiger charge is -2.11. The molecule has 0 aromatic heterocycles. The molecule has 1 fully saturated rings. The number of thioether (sulfide) groups is 1. The molecule has 0 saturated carbocycles. The van der Waals surface area contributed by atoms with Gasteiger partial charge in [-0.25, -0.2) is 0 Å². The Morgan fingerprint density at radius 1 is 1.03 bits per heavy atom. The van der Waals surface area contributed by atoms with E-state index in [0.717, 1.165) is 29.9 Å². The summed E-state index contributed by atoms with van der Waals surface area (Å²) in [7, 11) is 0. The van der Waals surface area contributed by atoms with Crippen LogP contribution < -0.4 is 14.8 Å². The molecule has 2 aromatic carbocycles. The highest BCUT2D eigenvalue weighted by Crippen LogP contribution is 2.26. The second-order valence-corrected chi connectivity index (χ2v) is 8.57. The molecular weight excluding hydrogens is 402 g/mol. The Bertz CT molecular complexity index is 876. The highest BCUT2D eigenvalue weighted by molar-refractivity contribution is 8.26. The van der Waals surface area contributed by atoms with Gasteiger partial charge in [0.2, 0.25) is 0 Å². The monoisotopic (exact) mass is 427 g/mol. The van der Waals surface area contributed by atoms with Crippen LogP contribution in [0.15, 0.2) is 53.4 Å². The van der Waals surface area contributed by atoms with E-state index in [1.54, 1.807) is 0 Å². The third-order valence-electron chi connectivity index (χ3n) is 4.71. The maximum absolute atomic E-state index is 11.7. The van der Waals surface area contributed by atoms with Crippen LogP contribution in [-0.4, -0.2) is 23.4 Å². The zero-order valence-corrected chi connectivity index (χ0v) is 18.3. The molecule has 0 spiro atoms. The summed E-state index contributed by atoms with van der Waals surface area (Å²) in [6.45, 7) is 5.62. The van der Waals surface area contributed by atoms with E-state index in [9.17, 15) is 4.79 Å². The summed E-state index contributed by atoms with van der Waals surface area (Å²) < 4.78 is 12.0. The molecule has 1 saturated heterocycles. The van der Waals surface area contributed by atoms with E-state index in [-0.39, 0.29) is 5.91 Å². The van der Waals surface area contributed by atoms with Gasteiger partial charge in [-0.3, -0.25) is 4.79 Å². The second kappa shape index (κ2) is 10.5. The summed E-state index contributed by atoms with van der Waals surface area (Å²) >= 11 is 6.27. The Kier molecular flexibility index (Phi) is 7.72. The van der Waals surface area contributed by atoms with Crippen molar-refractivity contribution in [2.75, 3.05) is 13.2 Å². The molecule has 1 aliphatic heterocycles. The minimum Gasteiger partial charge on any atom is -0.493 e. The summed E-state index contributed by atoms with van der Waals surface area (Å²) in [6, 6.07) is 16.0. The van der Waals surface area contributed by atoms with Gasteiger partial charge in [0.25, 0.3) is 5.91 Å². The van der Waals surface area contributed by atoms with Crippen molar-refractivity contribution in [3.63, 3.8) is 0 Å². The van der Waals surface area contributed by atoms with E-state index in [2.05, 4.69) is 31.3 Å². The van der Waals surface area contributed by atoms with Crippen molar-refractivity contribution in [2.45, 2.75) is 32.6 Å². The Hall–Kier alpha value is -2.31. The Morgan fingerprint density at radius 2 is 1.62 bits per heavy atom. The molecule has 29 heavy (non-hydrogen) atoms. The lowest BCUT2D eigenvalue weighted by Crippen LogP contribution is -2.17. The largest absolute Gasteiger partial charge is 0.493 e. The van der Waals surface area contributed by atoms with Crippen LogP contribution in [0.5, 0.6) is 11.5 Å². The fraction of sp³-hybridized carbons (Fsp3) is 0.304. The van der Waals surface area contributed by atoms with E-state index in [1.807, 2.05) is 42.5 Å². The summed E-state index contributed by atoms with van der Waals surface area (Å²) in [5.41, 5.74) is 2.28. The van der Waals surface area contributed by atoms with Gasteiger partial charge in [0, 0.05) is 6.42 Å². The first kappa shape index (κ1) is 21.4. The van der Waals surface area contributed by atoms with Gasteiger partial charge in [-0.2, -0.15) is 0 Å². The highest BCUT2D eigenvalue weighted by atomic mass is 32.2. The van der Waals surface area contributed by atoms with Crippen LogP contribution in [0.1, 0.15) is 43.7 Å². The first-order chi connectivity index (χ1) is 14.0. The minimum absolute atomic E-state index is 0.144. The summed E-state index contributed by atoms with van der Waals surface area (Å²) in [6.07, 6.45) is 3.76. The Morgan fingerprint density at radius 3 is 2.14 bits per heavy atom. The first-order valence-corrected chi connectivity index (χ1v) is 11.0. The van der Waals surface area contributed by atoms with Crippen LogP contribution in [0.4, 0.5) is 0 Å². The topological polar surface area (TPSA) is 47.6 Å². The molecule has 0 aliphatic carbocycles. The van der Waals surface area contributed by atoms with E-state index < -0.39 is 0 Å². The van der Waals surface area contributed by atoms with Gasteiger partial charge < -0.3 is 14.8 Å². The standard InChI is InChI=1S/C23H25NO3S2/c1-3-16(2)18-7-11-20(12-8-18)27-14-4-13-26-19-9-5-17(6-10-19)15-21-22(25)24-23(28)29-21/h5-12,15-16H,3-4,13-14H2,1-2H3,(H,24,25,28)/b21-15-/t16-/m0/s1. The van der Waals surface area contributed by atoms with Gasteiger partial charge in [0.15, 0.2) is 0 Å². The minimum atomic E-state index is -0.144. The van der Waals surface area contributed by atoms with Crippen LogP contribution in [0, 0.1) is 0 Å². The van der Waals surface area contributed by atoms with E-state index in [0.29, 0.717) is 28.4 Å². The number of hydrogen-bond acceptors (Lipinski definition) is 5. The molecule has 1 N–H and O–H groups in total. The van der Waals surface area contributed by atoms with Gasteiger partial charge in [0.05, 0.1) is 18.1 Å². The Labute approximate surface area is 181 Å². The third kappa shape index (κ3) is 6.34. The number of ether oxygens (including phenoxy) is 2. The van der Waals surface area contributed by atoms with Crippen molar-refractivity contribution < 1.29 is 14.3 Å². The zero-order valence-electron chi connectivity index (χ0n) is 16.6. The van der Waals surface area contributed by atoms with Gasteiger partial charge in [-0.15, -0.1) is 0 Å². The number of hydrogen-bond donors (Lipinski definition) is 1. The molecule has 4 nitrogen and oxygen atoms in total. The normalized spacial score (nSPS) is 16.0. The van der Waals surface area contributed by atoms with Gasteiger partial charge >= 0.3 is 0 Å². The maximum atomic E-state index is 11.7. The average molecular weight is 428 g/mol. The van der Waals surface area contributed by atoms with Gasteiger partial charge in [-0.1, -0.05) is 62.1 Å². The molecule has 1 amide bonds. The van der Waals surface area contributed by atoms with Crippen molar-refractivity contribution in [1.82, 2.24) is 5.32 Å². The zero-order chi connectivity index (χ0) is 20.6. The number of nitrogens with one attached hydrogen (secondary N) is 1. The van der Waals surface area contributed by atoms with E-state index in [1.165, 1.54) is 17.3 Å². The summed E-state index contributed by atoms with van der Waals surface area (Å²) in [5, 5.41) is 2.61. The number of carbonyl (C=O) groups is 1. The van der Waals surface area contributed by atoms with Crippen LogP contribution in [0.2, 0.25) is 0 Å². The quantitative estimate of drug-likeness (QED) is 0.324. The molecule has 1 atom stereocenters. The number of thiocarbonyl (C=S) groups is 1. The molecule has 6 heteroatoms. The molecule has 152 valence electrons. The van der Waals surface area contributed by atoms with E-state index in [4.69, 9.17) is 21.7 Å². The molecule has 1 aliphatic rings. The summed E-state index contributed by atoms with van der Waals surface area (Å²) in [4.78, 5) is 12.3. The molecule has 0 bridgehead atoms. The number of amides is 1. The maximum Gasteiger partial charge on any atom is 0.263 e. The van der Waals surface area contributed by atoms with Crippen molar-refractivity contribution in [2.24, 2.45) is 0 Å². The number of benzene rings is 2.